The van der Waals surface area contributed by atoms with Gasteiger partial charge in [0.1, 0.15) is 18.4 Å². The van der Waals surface area contributed by atoms with E-state index in [0.29, 0.717) is 11.3 Å². The zero-order valence-electron chi connectivity index (χ0n) is 24.6. The number of halogens is 1. The highest BCUT2D eigenvalue weighted by Gasteiger charge is 2.34. The topological polar surface area (TPSA) is 86.8 Å². The van der Waals surface area contributed by atoms with E-state index in [1.165, 1.54) is 11.0 Å². The van der Waals surface area contributed by atoms with Gasteiger partial charge in [-0.2, -0.15) is 0 Å². The number of aryl methyl sites for hydroxylation is 2. The maximum absolute atomic E-state index is 14.9. The predicted molar refractivity (Wildman–Crippen MR) is 164 cm³/mol. The lowest BCUT2D eigenvalue weighted by Gasteiger charge is -2.35. The summed E-state index contributed by atoms with van der Waals surface area (Å²) in [6.07, 6.45) is 6.13. The first-order valence-electron chi connectivity index (χ1n) is 14.4. The standard InChI is InChI=1S/C33H40FN3O4S/c1-24-18-19-25(2)30(20-24)37(42(3,40)41)23-32(38)36(22-27-14-10-11-17-29(27)34)31(21-26-12-6-4-7-13-26)33(39)35-28-15-8-5-9-16-28/h4,6-7,10-14,17-20,28,31H,5,8-9,15-16,21-23H2,1-3H3,(H,35,39). The van der Waals surface area contributed by atoms with Crippen LogP contribution in [0.2, 0.25) is 0 Å². The summed E-state index contributed by atoms with van der Waals surface area (Å²) < 4.78 is 42.1. The highest BCUT2D eigenvalue weighted by molar-refractivity contribution is 7.92. The van der Waals surface area contributed by atoms with Crippen molar-refractivity contribution in [1.82, 2.24) is 10.2 Å². The van der Waals surface area contributed by atoms with Gasteiger partial charge in [0, 0.05) is 24.6 Å². The summed E-state index contributed by atoms with van der Waals surface area (Å²) in [5, 5.41) is 3.15. The summed E-state index contributed by atoms with van der Waals surface area (Å²) in [5.41, 5.74) is 3.00. The monoisotopic (exact) mass is 593 g/mol. The van der Waals surface area contributed by atoms with Gasteiger partial charge >= 0.3 is 0 Å². The first-order chi connectivity index (χ1) is 20.0. The third-order valence-electron chi connectivity index (χ3n) is 7.83. The number of hydrogen-bond donors (Lipinski definition) is 1. The Kier molecular flexibility index (Phi) is 10.4. The van der Waals surface area contributed by atoms with Gasteiger partial charge in [0.2, 0.25) is 21.8 Å². The van der Waals surface area contributed by atoms with E-state index in [1.54, 1.807) is 37.3 Å². The van der Waals surface area contributed by atoms with E-state index in [-0.39, 0.29) is 30.5 Å². The SMILES string of the molecule is Cc1ccc(C)c(N(CC(=O)N(Cc2ccccc2F)C(Cc2ccccc2)C(=O)NC2CCCCC2)S(C)(=O)=O)c1. The van der Waals surface area contributed by atoms with Crippen LogP contribution in [-0.4, -0.2) is 50.0 Å². The van der Waals surface area contributed by atoms with Crippen molar-refractivity contribution in [2.45, 2.75) is 71.0 Å². The largest absolute Gasteiger partial charge is 0.352 e. The van der Waals surface area contributed by atoms with Gasteiger partial charge in [-0.25, -0.2) is 12.8 Å². The van der Waals surface area contributed by atoms with E-state index in [9.17, 15) is 22.4 Å². The van der Waals surface area contributed by atoms with Crippen LogP contribution >= 0.6 is 0 Å². The molecule has 0 aromatic heterocycles. The fourth-order valence-corrected chi connectivity index (χ4v) is 6.39. The lowest BCUT2D eigenvalue weighted by molar-refractivity contribution is -0.140. The van der Waals surface area contributed by atoms with Crippen molar-refractivity contribution in [3.05, 3.63) is 101 Å². The molecule has 1 unspecified atom stereocenters. The molecule has 1 atom stereocenters. The van der Waals surface area contributed by atoms with E-state index in [1.807, 2.05) is 43.3 Å². The Morgan fingerprint density at radius 1 is 0.952 bits per heavy atom. The summed E-state index contributed by atoms with van der Waals surface area (Å²) in [7, 11) is -3.88. The van der Waals surface area contributed by atoms with Crippen LogP contribution in [0.25, 0.3) is 0 Å². The van der Waals surface area contributed by atoms with Crippen molar-refractivity contribution in [2.24, 2.45) is 0 Å². The van der Waals surface area contributed by atoms with Gasteiger partial charge in [-0.15, -0.1) is 0 Å². The third kappa shape index (κ3) is 8.18. The molecule has 1 saturated carbocycles. The number of anilines is 1. The number of nitrogens with zero attached hydrogens (tertiary/aromatic N) is 2. The molecule has 224 valence electrons. The smallest absolute Gasteiger partial charge is 0.244 e. The van der Waals surface area contributed by atoms with Crippen molar-refractivity contribution in [1.29, 1.82) is 0 Å². The summed E-state index contributed by atoms with van der Waals surface area (Å²) in [6, 6.07) is 19.9. The number of sulfonamides is 1. The molecule has 9 heteroatoms. The van der Waals surface area contributed by atoms with E-state index in [2.05, 4.69) is 5.32 Å². The molecular formula is C33H40FN3O4S. The molecule has 0 saturated heterocycles. The van der Waals surface area contributed by atoms with E-state index in [4.69, 9.17) is 0 Å². The van der Waals surface area contributed by atoms with Crippen molar-refractivity contribution in [3.8, 4) is 0 Å². The lowest BCUT2D eigenvalue weighted by Crippen LogP contribution is -2.55. The first-order valence-corrected chi connectivity index (χ1v) is 16.3. The van der Waals surface area contributed by atoms with Crippen molar-refractivity contribution in [2.75, 3.05) is 17.1 Å². The Labute approximate surface area is 248 Å². The minimum absolute atomic E-state index is 0.00241. The summed E-state index contributed by atoms with van der Waals surface area (Å²) in [4.78, 5) is 29.5. The maximum Gasteiger partial charge on any atom is 0.244 e. The van der Waals surface area contributed by atoms with Crippen LogP contribution in [-0.2, 0) is 32.6 Å². The number of benzene rings is 3. The number of carbonyl (C=O) groups is 2. The number of carbonyl (C=O) groups excluding carboxylic acids is 2. The van der Waals surface area contributed by atoms with Crippen molar-refractivity contribution < 1.29 is 22.4 Å². The zero-order chi connectivity index (χ0) is 30.3. The van der Waals surface area contributed by atoms with E-state index < -0.39 is 34.3 Å². The van der Waals surface area contributed by atoms with Gasteiger partial charge in [-0.05, 0) is 55.5 Å². The molecule has 0 radical (unpaired) electrons. The Bertz CT molecular complexity index is 1490. The van der Waals surface area contributed by atoms with Crippen LogP contribution < -0.4 is 9.62 Å². The Balaban J connectivity index is 1.75. The second-order valence-electron chi connectivity index (χ2n) is 11.2. The van der Waals surface area contributed by atoms with E-state index in [0.717, 1.165) is 53.8 Å². The van der Waals surface area contributed by atoms with Crippen molar-refractivity contribution >= 4 is 27.5 Å². The molecule has 3 aromatic carbocycles. The zero-order valence-corrected chi connectivity index (χ0v) is 25.4. The van der Waals surface area contributed by atoms with E-state index >= 15 is 0 Å². The first kappa shape index (κ1) is 31.2. The van der Waals surface area contributed by atoms with Crippen molar-refractivity contribution in [3.63, 3.8) is 0 Å². The second kappa shape index (κ2) is 14.0. The maximum atomic E-state index is 14.9. The molecule has 0 bridgehead atoms. The fraction of sp³-hybridized carbons (Fsp3) is 0.394. The molecule has 7 nitrogen and oxygen atoms in total. The quantitative estimate of drug-likeness (QED) is 0.327. The average molecular weight is 594 g/mol. The second-order valence-corrected chi connectivity index (χ2v) is 13.1. The Morgan fingerprint density at radius 2 is 1.62 bits per heavy atom. The van der Waals surface area contributed by atoms with Crippen LogP contribution in [0.3, 0.4) is 0 Å². The minimum Gasteiger partial charge on any atom is -0.352 e. The molecule has 42 heavy (non-hydrogen) atoms. The summed E-state index contributed by atoms with van der Waals surface area (Å²) in [6.45, 7) is 2.91. The highest BCUT2D eigenvalue weighted by atomic mass is 32.2. The van der Waals surface area contributed by atoms with Crippen LogP contribution in [0.5, 0.6) is 0 Å². The summed E-state index contributed by atoms with van der Waals surface area (Å²) >= 11 is 0. The van der Waals surface area contributed by atoms with Crippen LogP contribution in [0.4, 0.5) is 10.1 Å². The van der Waals surface area contributed by atoms with Crippen LogP contribution in [0.1, 0.15) is 54.4 Å². The molecule has 0 aliphatic heterocycles. The molecule has 3 aromatic rings. The number of amides is 2. The Morgan fingerprint density at radius 3 is 2.29 bits per heavy atom. The molecule has 4 rings (SSSR count). The van der Waals surface area contributed by atoms with Gasteiger partial charge in [-0.1, -0.05) is 79.9 Å². The van der Waals surface area contributed by atoms with Gasteiger partial charge < -0.3 is 10.2 Å². The molecule has 1 aliphatic carbocycles. The van der Waals surface area contributed by atoms with Gasteiger partial charge in [0.25, 0.3) is 0 Å². The fourth-order valence-electron chi connectivity index (χ4n) is 5.49. The normalized spacial score (nSPS) is 14.7. The molecule has 2 amide bonds. The predicted octanol–water partition coefficient (Wildman–Crippen LogP) is 5.30. The molecular weight excluding hydrogens is 553 g/mol. The molecule has 0 heterocycles. The number of hydrogen-bond acceptors (Lipinski definition) is 4. The molecule has 1 N–H and O–H groups in total. The number of rotatable bonds is 11. The molecule has 0 spiro atoms. The Hall–Kier alpha value is -3.72. The molecule has 1 aliphatic rings. The highest BCUT2D eigenvalue weighted by Crippen LogP contribution is 2.26. The van der Waals surface area contributed by atoms with Crippen LogP contribution in [0.15, 0.2) is 72.8 Å². The molecule has 1 fully saturated rings. The third-order valence-corrected chi connectivity index (χ3v) is 8.96. The summed E-state index contributed by atoms with van der Waals surface area (Å²) in [5.74, 6) is -1.42. The number of nitrogens with one attached hydrogen (secondary N) is 1. The average Bonchev–Trinajstić information content (AvgIpc) is 2.96. The minimum atomic E-state index is -3.88. The lowest BCUT2D eigenvalue weighted by atomic mass is 9.94. The van der Waals surface area contributed by atoms with Gasteiger partial charge in [-0.3, -0.25) is 13.9 Å². The van der Waals surface area contributed by atoms with Crippen LogP contribution in [0, 0.1) is 19.7 Å². The van der Waals surface area contributed by atoms with Gasteiger partial charge in [0.05, 0.1) is 11.9 Å². The van der Waals surface area contributed by atoms with Gasteiger partial charge in [0.15, 0.2) is 0 Å².